The molecule has 3 heteroatoms. The maximum atomic E-state index is 11.1. The zero-order valence-electron chi connectivity index (χ0n) is 7.78. The van der Waals surface area contributed by atoms with E-state index in [0.717, 1.165) is 11.1 Å². The third kappa shape index (κ3) is 1.37. The fourth-order valence-electron chi connectivity index (χ4n) is 1.53. The van der Waals surface area contributed by atoms with Gasteiger partial charge in [-0.25, -0.2) is 0 Å². The average Bonchev–Trinajstić information content (AvgIpc) is 2.16. The van der Waals surface area contributed by atoms with E-state index < -0.39 is 0 Å². The highest BCUT2D eigenvalue weighted by atomic mass is 16.5. The molecule has 1 aliphatic carbocycles. The third-order valence-corrected chi connectivity index (χ3v) is 2.25. The maximum Gasteiger partial charge on any atom is 0.161 e. The first-order valence-corrected chi connectivity index (χ1v) is 4.31. The van der Waals surface area contributed by atoms with Crippen molar-refractivity contribution in [3.05, 3.63) is 29.3 Å². The van der Waals surface area contributed by atoms with Crippen LogP contribution in [0, 0.1) is 0 Å². The Hall–Kier alpha value is -1.77. The Morgan fingerprint density at radius 3 is 2.86 bits per heavy atom. The second-order valence-corrected chi connectivity index (χ2v) is 3.20. The van der Waals surface area contributed by atoms with Crippen LogP contribution in [0.5, 0.6) is 11.5 Å². The molecule has 0 bridgehead atoms. The van der Waals surface area contributed by atoms with Crippen LogP contribution in [0.2, 0.25) is 0 Å². The maximum absolute atomic E-state index is 11.1. The van der Waals surface area contributed by atoms with Crippen LogP contribution in [0.25, 0.3) is 6.08 Å². The minimum absolute atomic E-state index is 0.0575. The topological polar surface area (TPSA) is 46.5 Å². The monoisotopic (exact) mass is 190 g/mol. The lowest BCUT2D eigenvalue weighted by Gasteiger charge is -2.12. The Balaban J connectivity index is 2.53. The Bertz CT molecular complexity index is 419. The molecule has 0 atom stereocenters. The molecule has 1 aromatic carbocycles. The minimum atomic E-state index is 0.0575. The number of phenolic OH excluding ortho intramolecular Hbond substituents is 1. The van der Waals surface area contributed by atoms with Crippen molar-refractivity contribution in [1.82, 2.24) is 0 Å². The smallest absolute Gasteiger partial charge is 0.161 e. The van der Waals surface area contributed by atoms with Gasteiger partial charge in [0.1, 0.15) is 0 Å². The largest absolute Gasteiger partial charge is 0.504 e. The van der Waals surface area contributed by atoms with Crippen LogP contribution < -0.4 is 4.74 Å². The van der Waals surface area contributed by atoms with Crippen LogP contribution in [0.3, 0.4) is 0 Å². The van der Waals surface area contributed by atoms with Crippen LogP contribution in [0.4, 0.5) is 0 Å². The van der Waals surface area contributed by atoms with E-state index in [0.29, 0.717) is 12.2 Å². The number of allylic oxidation sites excluding steroid dienone is 1. The highest BCUT2D eigenvalue weighted by Gasteiger charge is 2.13. The van der Waals surface area contributed by atoms with E-state index in [4.69, 9.17) is 4.74 Å². The van der Waals surface area contributed by atoms with Crippen molar-refractivity contribution in [2.75, 3.05) is 7.11 Å². The van der Waals surface area contributed by atoms with Gasteiger partial charge in [0.2, 0.25) is 0 Å². The molecular formula is C11H10O3. The van der Waals surface area contributed by atoms with Crippen LogP contribution in [-0.4, -0.2) is 18.0 Å². The van der Waals surface area contributed by atoms with E-state index in [1.807, 2.05) is 0 Å². The van der Waals surface area contributed by atoms with Crippen molar-refractivity contribution in [3.8, 4) is 11.5 Å². The molecule has 0 amide bonds. The van der Waals surface area contributed by atoms with Crippen LogP contribution in [0.15, 0.2) is 18.2 Å². The van der Waals surface area contributed by atoms with Gasteiger partial charge in [-0.05, 0) is 29.3 Å². The van der Waals surface area contributed by atoms with Gasteiger partial charge in [-0.2, -0.15) is 0 Å². The second-order valence-electron chi connectivity index (χ2n) is 3.20. The Kier molecular flexibility index (Phi) is 2.00. The van der Waals surface area contributed by atoms with Crippen molar-refractivity contribution in [1.29, 1.82) is 0 Å². The van der Waals surface area contributed by atoms with E-state index >= 15 is 0 Å². The number of methoxy groups -OCH3 is 1. The first-order valence-electron chi connectivity index (χ1n) is 4.31. The lowest BCUT2D eigenvalue weighted by molar-refractivity contribution is -0.114. The van der Waals surface area contributed by atoms with Crippen molar-refractivity contribution in [3.63, 3.8) is 0 Å². The van der Waals surface area contributed by atoms with Crippen molar-refractivity contribution >= 4 is 11.9 Å². The second kappa shape index (κ2) is 3.18. The van der Waals surface area contributed by atoms with Gasteiger partial charge in [0.25, 0.3) is 0 Å². The summed E-state index contributed by atoms with van der Waals surface area (Å²) >= 11 is 0. The molecule has 0 fully saturated rings. The summed E-state index contributed by atoms with van der Waals surface area (Å²) in [5.74, 6) is 0.569. The number of benzene rings is 1. The average molecular weight is 190 g/mol. The zero-order chi connectivity index (χ0) is 10.1. The van der Waals surface area contributed by atoms with E-state index in [9.17, 15) is 9.90 Å². The predicted molar refractivity (Wildman–Crippen MR) is 52.4 cm³/mol. The molecule has 0 heterocycles. The van der Waals surface area contributed by atoms with Gasteiger partial charge in [0.15, 0.2) is 17.3 Å². The fraction of sp³-hybridized carbons (Fsp3) is 0.182. The zero-order valence-corrected chi connectivity index (χ0v) is 7.78. The number of aromatic hydroxyl groups is 1. The Morgan fingerprint density at radius 2 is 2.14 bits per heavy atom. The van der Waals surface area contributed by atoms with Gasteiger partial charge in [-0.1, -0.05) is 6.08 Å². The van der Waals surface area contributed by atoms with Crippen LogP contribution in [0.1, 0.15) is 11.1 Å². The molecule has 0 spiro atoms. The molecule has 3 nitrogen and oxygen atoms in total. The molecule has 0 saturated carbocycles. The molecule has 0 radical (unpaired) electrons. The molecule has 0 aliphatic heterocycles. The van der Waals surface area contributed by atoms with Gasteiger partial charge in [0, 0.05) is 6.42 Å². The standard InChI is InChI=1S/C11H10O3/c1-14-11-6-7-2-3-9(12)4-8(7)5-10(11)13/h2-3,5-6,13H,4H2,1H3. The van der Waals surface area contributed by atoms with E-state index in [-0.39, 0.29) is 11.5 Å². The van der Waals surface area contributed by atoms with Gasteiger partial charge in [-0.15, -0.1) is 0 Å². The lowest BCUT2D eigenvalue weighted by atomic mass is 9.96. The van der Waals surface area contributed by atoms with E-state index in [1.54, 1.807) is 24.3 Å². The quantitative estimate of drug-likeness (QED) is 0.730. The number of hydrogen-bond donors (Lipinski definition) is 1. The van der Waals surface area contributed by atoms with Crippen LogP contribution in [-0.2, 0) is 11.2 Å². The Morgan fingerprint density at radius 1 is 1.36 bits per heavy atom. The van der Waals surface area contributed by atoms with Gasteiger partial charge >= 0.3 is 0 Å². The molecule has 2 rings (SSSR count). The molecule has 1 N–H and O–H groups in total. The van der Waals surface area contributed by atoms with Crippen molar-refractivity contribution in [2.45, 2.75) is 6.42 Å². The number of ether oxygens (including phenoxy) is 1. The molecule has 1 aliphatic rings. The number of rotatable bonds is 1. The molecule has 0 unspecified atom stereocenters. The van der Waals surface area contributed by atoms with Gasteiger partial charge in [0.05, 0.1) is 7.11 Å². The summed E-state index contributed by atoms with van der Waals surface area (Å²) in [5.41, 5.74) is 1.77. The number of ketones is 1. The highest BCUT2D eigenvalue weighted by Crippen LogP contribution is 2.31. The number of phenols is 1. The summed E-state index contributed by atoms with van der Waals surface area (Å²) in [7, 11) is 1.50. The molecule has 0 aromatic heterocycles. The van der Waals surface area contributed by atoms with Crippen molar-refractivity contribution < 1.29 is 14.6 Å². The molecular weight excluding hydrogens is 180 g/mol. The summed E-state index contributed by atoms with van der Waals surface area (Å²) in [6.45, 7) is 0. The molecule has 14 heavy (non-hydrogen) atoms. The number of hydrogen-bond acceptors (Lipinski definition) is 3. The SMILES string of the molecule is COc1cc2c(cc1O)CC(=O)C=C2. The van der Waals surface area contributed by atoms with Crippen molar-refractivity contribution in [2.24, 2.45) is 0 Å². The third-order valence-electron chi connectivity index (χ3n) is 2.25. The number of fused-ring (bicyclic) bond motifs is 1. The summed E-state index contributed by atoms with van der Waals surface area (Å²) in [4.78, 5) is 11.1. The van der Waals surface area contributed by atoms with E-state index in [2.05, 4.69) is 0 Å². The summed E-state index contributed by atoms with van der Waals surface area (Å²) in [5, 5.41) is 9.49. The molecule has 1 aromatic rings. The summed E-state index contributed by atoms with van der Waals surface area (Å²) in [6.07, 6.45) is 3.63. The fourth-order valence-corrected chi connectivity index (χ4v) is 1.53. The van der Waals surface area contributed by atoms with E-state index in [1.165, 1.54) is 7.11 Å². The normalized spacial score (nSPS) is 13.9. The van der Waals surface area contributed by atoms with Gasteiger partial charge < -0.3 is 9.84 Å². The summed E-state index contributed by atoms with van der Waals surface area (Å²) in [6, 6.07) is 3.31. The Labute approximate surface area is 81.6 Å². The minimum Gasteiger partial charge on any atom is -0.504 e. The van der Waals surface area contributed by atoms with Crippen LogP contribution >= 0.6 is 0 Å². The lowest BCUT2D eigenvalue weighted by Crippen LogP contribution is -2.05. The predicted octanol–water partition coefficient (Wildman–Crippen LogP) is 1.54. The molecule has 0 saturated heterocycles. The molecule has 72 valence electrons. The number of carbonyl (C=O) groups is 1. The first kappa shape index (κ1) is 8.81. The summed E-state index contributed by atoms with van der Waals surface area (Å²) < 4.78 is 4.97. The van der Waals surface area contributed by atoms with Gasteiger partial charge in [-0.3, -0.25) is 4.79 Å². The highest BCUT2D eigenvalue weighted by molar-refractivity contribution is 5.98. The first-order chi connectivity index (χ1) is 6.70. The number of carbonyl (C=O) groups excluding carboxylic acids is 1.